The fraction of sp³-hybridized carbons (Fsp3) is 0.0833. The molecule has 0 unspecified atom stereocenters. The first-order valence-corrected chi connectivity index (χ1v) is 9.93. The average molecular weight is 448 g/mol. The van der Waals surface area contributed by atoms with Crippen molar-refractivity contribution in [2.45, 2.75) is 13.5 Å². The van der Waals surface area contributed by atoms with Gasteiger partial charge in [0, 0.05) is 10.0 Å². The lowest BCUT2D eigenvalue weighted by Gasteiger charge is -2.06. The highest BCUT2D eigenvalue weighted by molar-refractivity contribution is 9.10. The molecular formula is C24H18BrNO3. The van der Waals surface area contributed by atoms with Crippen LogP contribution in [0.25, 0.3) is 6.08 Å². The maximum atomic E-state index is 12.2. The Labute approximate surface area is 177 Å². The molecule has 4 rings (SSSR count). The molecule has 0 aromatic heterocycles. The summed E-state index contributed by atoms with van der Waals surface area (Å²) in [6.07, 6.45) is 1.71. The number of halogens is 1. The molecule has 144 valence electrons. The molecule has 3 aromatic carbocycles. The van der Waals surface area contributed by atoms with Crippen molar-refractivity contribution in [3.8, 4) is 5.75 Å². The van der Waals surface area contributed by atoms with Gasteiger partial charge in [-0.1, -0.05) is 57.9 Å². The standard InChI is InChI=1S/C24H18BrNO3/c1-16-3-2-4-19(13-16)23-26-22(24(27)29-23)14-17-7-11-21(12-8-17)28-15-18-5-9-20(25)10-6-18/h2-14H,15H2,1H3/b22-14-. The van der Waals surface area contributed by atoms with Crippen molar-refractivity contribution in [2.24, 2.45) is 4.99 Å². The zero-order valence-corrected chi connectivity index (χ0v) is 17.3. The van der Waals surface area contributed by atoms with Crippen LogP contribution in [-0.2, 0) is 16.1 Å². The number of hydrogen-bond acceptors (Lipinski definition) is 4. The van der Waals surface area contributed by atoms with Crippen LogP contribution >= 0.6 is 15.9 Å². The predicted octanol–water partition coefficient (Wildman–Crippen LogP) is 5.68. The number of benzene rings is 3. The molecule has 4 nitrogen and oxygen atoms in total. The van der Waals surface area contributed by atoms with E-state index >= 15 is 0 Å². The molecule has 5 heteroatoms. The second-order valence-electron chi connectivity index (χ2n) is 6.69. The van der Waals surface area contributed by atoms with E-state index < -0.39 is 5.97 Å². The number of cyclic esters (lactones) is 1. The van der Waals surface area contributed by atoms with Gasteiger partial charge >= 0.3 is 5.97 Å². The van der Waals surface area contributed by atoms with Crippen LogP contribution in [0.2, 0.25) is 0 Å². The van der Waals surface area contributed by atoms with Crippen LogP contribution in [-0.4, -0.2) is 11.9 Å². The minimum absolute atomic E-state index is 0.282. The Morgan fingerprint density at radius 1 is 1.03 bits per heavy atom. The third-order valence-corrected chi connectivity index (χ3v) is 4.92. The average Bonchev–Trinajstić information content (AvgIpc) is 3.09. The summed E-state index contributed by atoms with van der Waals surface area (Å²) in [5.74, 6) is 0.643. The van der Waals surface area contributed by atoms with Crippen LogP contribution in [0.3, 0.4) is 0 Å². The number of carbonyl (C=O) groups is 1. The first kappa shape index (κ1) is 19.2. The maximum Gasteiger partial charge on any atom is 0.363 e. The number of aliphatic imine (C=N–C) groups is 1. The van der Waals surface area contributed by atoms with Crippen molar-refractivity contribution in [1.82, 2.24) is 0 Å². The molecule has 0 saturated heterocycles. The van der Waals surface area contributed by atoms with Gasteiger partial charge in [0.15, 0.2) is 5.70 Å². The normalized spacial score (nSPS) is 14.6. The molecule has 0 spiro atoms. The summed E-state index contributed by atoms with van der Waals surface area (Å²) in [6.45, 7) is 2.47. The molecule has 1 aliphatic heterocycles. The van der Waals surface area contributed by atoms with E-state index in [1.807, 2.05) is 79.7 Å². The van der Waals surface area contributed by atoms with Crippen LogP contribution in [0.5, 0.6) is 5.75 Å². The fourth-order valence-electron chi connectivity index (χ4n) is 2.88. The zero-order valence-electron chi connectivity index (χ0n) is 15.8. The highest BCUT2D eigenvalue weighted by atomic mass is 79.9. The van der Waals surface area contributed by atoms with Crippen LogP contribution < -0.4 is 4.74 Å². The van der Waals surface area contributed by atoms with E-state index in [0.717, 1.165) is 32.5 Å². The van der Waals surface area contributed by atoms with Gasteiger partial charge in [0.2, 0.25) is 5.90 Å². The van der Waals surface area contributed by atoms with Gasteiger partial charge in [0.1, 0.15) is 12.4 Å². The van der Waals surface area contributed by atoms with Gasteiger partial charge in [-0.2, -0.15) is 0 Å². The lowest BCUT2D eigenvalue weighted by atomic mass is 10.1. The van der Waals surface area contributed by atoms with Gasteiger partial charge in [0.25, 0.3) is 0 Å². The van der Waals surface area contributed by atoms with Crippen molar-refractivity contribution < 1.29 is 14.3 Å². The van der Waals surface area contributed by atoms with Crippen molar-refractivity contribution in [2.75, 3.05) is 0 Å². The molecule has 0 atom stereocenters. The van der Waals surface area contributed by atoms with E-state index in [2.05, 4.69) is 20.9 Å². The summed E-state index contributed by atoms with van der Waals surface area (Å²) in [7, 11) is 0. The summed E-state index contributed by atoms with van der Waals surface area (Å²) < 4.78 is 12.2. The highest BCUT2D eigenvalue weighted by Crippen LogP contribution is 2.21. The van der Waals surface area contributed by atoms with Crippen LogP contribution in [0, 0.1) is 6.92 Å². The lowest BCUT2D eigenvalue weighted by molar-refractivity contribution is -0.129. The van der Waals surface area contributed by atoms with Crippen LogP contribution in [0.1, 0.15) is 22.3 Å². The Kier molecular flexibility index (Phi) is 5.58. The topological polar surface area (TPSA) is 47.9 Å². The Hall–Kier alpha value is -3.18. The molecule has 0 fully saturated rings. The smallest absolute Gasteiger partial charge is 0.363 e. The quantitative estimate of drug-likeness (QED) is 0.373. The molecule has 0 aliphatic carbocycles. The minimum Gasteiger partial charge on any atom is -0.489 e. The SMILES string of the molecule is Cc1cccc(C2=N/C(=C\c3ccc(OCc4ccc(Br)cc4)cc3)C(=O)O2)c1. The van der Waals surface area contributed by atoms with E-state index in [4.69, 9.17) is 9.47 Å². The monoisotopic (exact) mass is 447 g/mol. The molecule has 0 saturated carbocycles. The molecule has 1 aliphatic rings. The molecule has 0 N–H and O–H groups in total. The van der Waals surface area contributed by atoms with E-state index in [0.29, 0.717) is 12.5 Å². The number of rotatable bonds is 5. The van der Waals surface area contributed by atoms with Crippen molar-refractivity contribution >= 4 is 33.9 Å². The van der Waals surface area contributed by atoms with Crippen LogP contribution in [0.15, 0.2) is 88.0 Å². The first-order valence-electron chi connectivity index (χ1n) is 9.14. The van der Waals surface area contributed by atoms with Gasteiger partial charge in [-0.3, -0.25) is 0 Å². The van der Waals surface area contributed by atoms with Crippen molar-refractivity contribution in [3.05, 3.63) is 105 Å². The number of esters is 1. The largest absolute Gasteiger partial charge is 0.489 e. The first-order chi connectivity index (χ1) is 14.1. The maximum absolute atomic E-state index is 12.2. The number of aryl methyl sites for hydroxylation is 1. The summed E-state index contributed by atoms with van der Waals surface area (Å²) in [5, 5.41) is 0. The number of nitrogens with zero attached hydrogens (tertiary/aromatic N) is 1. The molecular weight excluding hydrogens is 430 g/mol. The molecule has 0 amide bonds. The highest BCUT2D eigenvalue weighted by Gasteiger charge is 2.24. The van der Waals surface area contributed by atoms with Gasteiger partial charge in [-0.05, 0) is 60.5 Å². The van der Waals surface area contributed by atoms with E-state index in [-0.39, 0.29) is 5.70 Å². The van der Waals surface area contributed by atoms with Gasteiger partial charge in [-0.25, -0.2) is 9.79 Å². The van der Waals surface area contributed by atoms with E-state index in [9.17, 15) is 4.79 Å². The third-order valence-electron chi connectivity index (χ3n) is 4.39. The van der Waals surface area contributed by atoms with Crippen LogP contribution in [0.4, 0.5) is 0 Å². The van der Waals surface area contributed by atoms with E-state index in [1.165, 1.54) is 0 Å². The second-order valence-corrected chi connectivity index (χ2v) is 7.61. The van der Waals surface area contributed by atoms with Crippen molar-refractivity contribution in [3.63, 3.8) is 0 Å². The Bertz CT molecular complexity index is 1100. The Morgan fingerprint density at radius 2 is 1.79 bits per heavy atom. The number of carbonyl (C=O) groups excluding carboxylic acids is 1. The predicted molar refractivity (Wildman–Crippen MR) is 117 cm³/mol. The molecule has 1 heterocycles. The van der Waals surface area contributed by atoms with Gasteiger partial charge < -0.3 is 9.47 Å². The third kappa shape index (κ3) is 4.81. The van der Waals surface area contributed by atoms with E-state index in [1.54, 1.807) is 6.08 Å². The second kappa shape index (κ2) is 8.45. The summed E-state index contributed by atoms with van der Waals surface area (Å²) in [5.41, 5.74) is 4.09. The summed E-state index contributed by atoms with van der Waals surface area (Å²) in [4.78, 5) is 16.5. The zero-order chi connectivity index (χ0) is 20.2. The molecule has 0 radical (unpaired) electrons. The summed E-state index contributed by atoms with van der Waals surface area (Å²) in [6, 6.07) is 23.2. The molecule has 0 bridgehead atoms. The Morgan fingerprint density at radius 3 is 2.52 bits per heavy atom. The minimum atomic E-state index is -0.447. The van der Waals surface area contributed by atoms with Gasteiger partial charge in [-0.15, -0.1) is 0 Å². The number of ether oxygens (including phenoxy) is 2. The fourth-order valence-corrected chi connectivity index (χ4v) is 3.14. The van der Waals surface area contributed by atoms with Crippen molar-refractivity contribution in [1.29, 1.82) is 0 Å². The Balaban J connectivity index is 1.45. The number of hydrogen-bond donors (Lipinski definition) is 0. The lowest BCUT2D eigenvalue weighted by Crippen LogP contribution is -2.05. The molecule has 29 heavy (non-hydrogen) atoms. The summed E-state index contributed by atoms with van der Waals surface area (Å²) >= 11 is 3.42. The molecule has 3 aromatic rings. The van der Waals surface area contributed by atoms with Gasteiger partial charge in [0.05, 0.1) is 0 Å².